The number of benzene rings is 2. The Labute approximate surface area is 202 Å². The summed E-state index contributed by atoms with van der Waals surface area (Å²) in [6.07, 6.45) is 1.18. The monoisotopic (exact) mass is 491 g/mol. The molecule has 186 valence electrons. The Balaban J connectivity index is 2.17. The van der Waals surface area contributed by atoms with Gasteiger partial charge in [-0.2, -0.15) is 0 Å². The minimum atomic E-state index is -3.75. The van der Waals surface area contributed by atoms with Crippen LogP contribution in [-0.2, 0) is 26.2 Å². The topological polar surface area (TPSA) is 86.8 Å². The summed E-state index contributed by atoms with van der Waals surface area (Å²) in [4.78, 5) is 27.3. The Morgan fingerprint density at radius 1 is 1.03 bits per heavy atom. The molecule has 1 N–H and O–H groups in total. The lowest BCUT2D eigenvalue weighted by Crippen LogP contribution is -2.49. The second kappa shape index (κ2) is 12.0. The summed E-state index contributed by atoms with van der Waals surface area (Å²) in [5.41, 5.74) is 1.91. The van der Waals surface area contributed by atoms with Crippen LogP contribution in [0.1, 0.15) is 44.7 Å². The van der Waals surface area contributed by atoms with Crippen molar-refractivity contribution < 1.29 is 22.4 Å². The van der Waals surface area contributed by atoms with Crippen LogP contribution in [0.3, 0.4) is 0 Å². The van der Waals surface area contributed by atoms with Crippen molar-refractivity contribution in [1.29, 1.82) is 0 Å². The van der Waals surface area contributed by atoms with Gasteiger partial charge in [0, 0.05) is 25.6 Å². The van der Waals surface area contributed by atoms with Crippen LogP contribution in [0.4, 0.5) is 10.1 Å². The zero-order valence-corrected chi connectivity index (χ0v) is 21.2. The summed E-state index contributed by atoms with van der Waals surface area (Å²) in [5, 5.41) is 2.83. The number of rotatable bonds is 11. The normalized spacial score (nSPS) is 12.3. The molecule has 1 unspecified atom stereocenters. The van der Waals surface area contributed by atoms with Gasteiger partial charge in [-0.25, -0.2) is 12.8 Å². The Kier molecular flexibility index (Phi) is 9.61. The Hall–Kier alpha value is -2.94. The molecule has 0 aliphatic carbocycles. The zero-order chi connectivity index (χ0) is 25.5. The van der Waals surface area contributed by atoms with Gasteiger partial charge in [0.05, 0.1) is 11.9 Å². The van der Waals surface area contributed by atoms with Gasteiger partial charge >= 0.3 is 0 Å². The van der Waals surface area contributed by atoms with Gasteiger partial charge in [-0.3, -0.25) is 13.9 Å². The summed E-state index contributed by atoms with van der Waals surface area (Å²) in [5.74, 6) is -1.20. The SMILES string of the molecule is Cc1ccc(CN(C(=O)CCCN(c2ccccc2F)S(C)(=O)=O)C(C)C(=O)NC(C)C)cc1. The maximum absolute atomic E-state index is 14.2. The van der Waals surface area contributed by atoms with E-state index < -0.39 is 21.9 Å². The first-order chi connectivity index (χ1) is 15.9. The largest absolute Gasteiger partial charge is 0.352 e. The second-order valence-electron chi connectivity index (χ2n) is 8.74. The van der Waals surface area contributed by atoms with Gasteiger partial charge in [0.25, 0.3) is 0 Å². The number of carbonyl (C=O) groups excluding carboxylic acids is 2. The minimum absolute atomic E-state index is 0.00559. The van der Waals surface area contributed by atoms with E-state index in [1.54, 1.807) is 13.0 Å². The number of sulfonamides is 1. The highest BCUT2D eigenvalue weighted by molar-refractivity contribution is 7.92. The minimum Gasteiger partial charge on any atom is -0.352 e. The van der Waals surface area contributed by atoms with Crippen LogP contribution in [0.25, 0.3) is 0 Å². The molecule has 2 aromatic rings. The highest BCUT2D eigenvalue weighted by Gasteiger charge is 2.27. The smallest absolute Gasteiger partial charge is 0.242 e. The van der Waals surface area contributed by atoms with Crippen LogP contribution in [-0.4, -0.2) is 50.0 Å². The van der Waals surface area contributed by atoms with E-state index in [0.29, 0.717) is 0 Å². The molecule has 1 atom stereocenters. The molecule has 2 aromatic carbocycles. The van der Waals surface area contributed by atoms with Crippen molar-refractivity contribution >= 4 is 27.5 Å². The molecule has 0 saturated carbocycles. The molecule has 7 nitrogen and oxygen atoms in total. The van der Waals surface area contributed by atoms with Gasteiger partial charge in [0.2, 0.25) is 21.8 Å². The third-order valence-corrected chi connectivity index (χ3v) is 6.53. The van der Waals surface area contributed by atoms with Crippen molar-refractivity contribution in [3.8, 4) is 0 Å². The van der Waals surface area contributed by atoms with Gasteiger partial charge < -0.3 is 10.2 Å². The van der Waals surface area contributed by atoms with Gasteiger partial charge in [-0.05, 0) is 51.8 Å². The van der Waals surface area contributed by atoms with E-state index in [1.807, 2.05) is 45.0 Å². The molecule has 0 fully saturated rings. The van der Waals surface area contributed by atoms with Crippen LogP contribution in [0, 0.1) is 12.7 Å². The van der Waals surface area contributed by atoms with E-state index in [2.05, 4.69) is 5.32 Å². The van der Waals surface area contributed by atoms with Crippen LogP contribution in [0.5, 0.6) is 0 Å². The Morgan fingerprint density at radius 3 is 2.21 bits per heavy atom. The van der Waals surface area contributed by atoms with Gasteiger partial charge in [0.1, 0.15) is 11.9 Å². The number of carbonyl (C=O) groups is 2. The highest BCUT2D eigenvalue weighted by atomic mass is 32.2. The summed E-state index contributed by atoms with van der Waals surface area (Å²) in [6.45, 7) is 7.52. The molecular formula is C25H34FN3O4S. The highest BCUT2D eigenvalue weighted by Crippen LogP contribution is 2.22. The quantitative estimate of drug-likeness (QED) is 0.520. The van der Waals surface area contributed by atoms with Gasteiger partial charge in [-0.1, -0.05) is 42.0 Å². The van der Waals surface area contributed by atoms with E-state index in [0.717, 1.165) is 21.7 Å². The fourth-order valence-corrected chi connectivity index (χ4v) is 4.48. The lowest BCUT2D eigenvalue weighted by Gasteiger charge is -2.30. The summed E-state index contributed by atoms with van der Waals surface area (Å²) in [6, 6.07) is 12.5. The third kappa shape index (κ3) is 7.83. The van der Waals surface area contributed by atoms with E-state index in [9.17, 15) is 22.4 Å². The number of halogens is 1. The summed E-state index contributed by atoms with van der Waals surface area (Å²) in [7, 11) is -3.75. The van der Waals surface area contributed by atoms with Gasteiger partial charge in [-0.15, -0.1) is 0 Å². The van der Waals surface area contributed by atoms with Crippen LogP contribution in [0.2, 0.25) is 0 Å². The number of aryl methyl sites for hydroxylation is 1. The fraction of sp³-hybridized carbons (Fsp3) is 0.440. The number of hydrogen-bond acceptors (Lipinski definition) is 4. The average molecular weight is 492 g/mol. The number of amides is 2. The standard InChI is InChI=1S/C25H34FN3O4S/c1-18(2)27-25(31)20(4)28(17-21-14-12-19(3)13-15-21)24(30)11-8-16-29(34(5,32)33)23-10-7-6-9-22(23)26/h6-7,9-10,12-15,18,20H,8,11,16-17H2,1-5H3,(H,27,31). The Bertz CT molecular complexity index is 1090. The lowest BCUT2D eigenvalue weighted by molar-refractivity contribution is -0.140. The second-order valence-corrected chi connectivity index (χ2v) is 10.6. The molecule has 0 aliphatic rings. The third-order valence-electron chi connectivity index (χ3n) is 5.35. The van der Waals surface area contributed by atoms with E-state index in [-0.39, 0.29) is 49.5 Å². The van der Waals surface area contributed by atoms with E-state index >= 15 is 0 Å². The maximum atomic E-state index is 14.2. The summed E-state index contributed by atoms with van der Waals surface area (Å²) >= 11 is 0. The average Bonchev–Trinajstić information content (AvgIpc) is 2.75. The van der Waals surface area contributed by atoms with Crippen molar-refractivity contribution in [3.63, 3.8) is 0 Å². The first-order valence-corrected chi connectivity index (χ1v) is 13.1. The van der Waals surface area contributed by atoms with Gasteiger partial charge in [0.15, 0.2) is 0 Å². The summed E-state index contributed by atoms with van der Waals surface area (Å²) < 4.78 is 39.7. The van der Waals surface area contributed by atoms with Crippen LogP contribution >= 0.6 is 0 Å². The molecule has 0 heterocycles. The van der Waals surface area contributed by atoms with E-state index in [1.165, 1.54) is 23.1 Å². The molecule has 2 rings (SSSR count). The van der Waals surface area contributed by atoms with Crippen molar-refractivity contribution in [2.24, 2.45) is 0 Å². The van der Waals surface area contributed by atoms with Crippen LogP contribution in [0.15, 0.2) is 48.5 Å². The molecule has 0 bridgehead atoms. The predicted molar refractivity (Wildman–Crippen MR) is 132 cm³/mol. The molecule has 0 spiro atoms. The molecule has 9 heteroatoms. The molecule has 0 saturated heterocycles. The predicted octanol–water partition coefficient (Wildman–Crippen LogP) is 3.62. The number of nitrogens with zero attached hydrogens (tertiary/aromatic N) is 2. The first-order valence-electron chi connectivity index (χ1n) is 11.3. The van der Waals surface area contributed by atoms with Crippen molar-refractivity contribution in [3.05, 3.63) is 65.5 Å². The lowest BCUT2D eigenvalue weighted by atomic mass is 10.1. The Morgan fingerprint density at radius 2 is 1.65 bits per heavy atom. The van der Waals surface area contributed by atoms with Crippen molar-refractivity contribution in [2.45, 2.75) is 59.2 Å². The molecular weight excluding hydrogens is 457 g/mol. The number of nitrogens with one attached hydrogen (secondary N) is 1. The number of hydrogen-bond donors (Lipinski definition) is 1. The molecule has 0 aliphatic heterocycles. The number of para-hydroxylation sites is 1. The van der Waals surface area contributed by atoms with Crippen LogP contribution < -0.4 is 9.62 Å². The van der Waals surface area contributed by atoms with Crippen molar-refractivity contribution in [1.82, 2.24) is 10.2 Å². The zero-order valence-electron chi connectivity index (χ0n) is 20.4. The van der Waals surface area contributed by atoms with Crippen molar-refractivity contribution in [2.75, 3.05) is 17.1 Å². The first kappa shape index (κ1) is 27.3. The molecule has 2 amide bonds. The fourth-order valence-electron chi connectivity index (χ4n) is 3.51. The maximum Gasteiger partial charge on any atom is 0.242 e. The molecule has 0 aromatic heterocycles. The number of anilines is 1. The molecule has 34 heavy (non-hydrogen) atoms. The van der Waals surface area contributed by atoms with E-state index in [4.69, 9.17) is 0 Å². The molecule has 0 radical (unpaired) electrons.